The number of para-hydroxylation sites is 1. The molecule has 5 nitrogen and oxygen atoms in total. The Bertz CT molecular complexity index is 1040. The van der Waals surface area contributed by atoms with Crippen molar-refractivity contribution in [3.05, 3.63) is 71.4 Å². The molecule has 1 unspecified atom stereocenters. The first-order valence-electron chi connectivity index (χ1n) is 9.10. The zero-order chi connectivity index (χ0) is 18.4. The molecule has 2 aliphatic rings. The molecule has 1 aromatic heterocycles. The predicted octanol–water partition coefficient (Wildman–Crippen LogP) is 3.10. The Morgan fingerprint density at radius 1 is 1.19 bits per heavy atom. The van der Waals surface area contributed by atoms with Crippen LogP contribution in [0.2, 0.25) is 0 Å². The highest BCUT2D eigenvalue weighted by atomic mass is 32.2. The number of nitrogens with one attached hydrogen (secondary N) is 2. The normalized spacial score (nSPS) is 20.7. The van der Waals surface area contributed by atoms with E-state index in [-0.39, 0.29) is 17.2 Å². The van der Waals surface area contributed by atoms with Gasteiger partial charge in [-0.05, 0) is 29.7 Å². The zero-order valence-electron chi connectivity index (χ0n) is 14.6. The Balaban J connectivity index is 1.25. The summed E-state index contributed by atoms with van der Waals surface area (Å²) in [6.45, 7) is 0.557. The van der Waals surface area contributed by atoms with Crippen molar-refractivity contribution >= 4 is 34.5 Å². The van der Waals surface area contributed by atoms with Gasteiger partial charge in [-0.25, -0.2) is 0 Å². The number of nitrogens with zero attached hydrogens (tertiary/aromatic N) is 1. The fourth-order valence-electron chi connectivity index (χ4n) is 4.02. The Hall–Kier alpha value is -2.73. The number of hydrogen-bond acceptors (Lipinski definition) is 3. The highest BCUT2D eigenvalue weighted by molar-refractivity contribution is 7.99. The molecule has 136 valence electrons. The molecule has 2 aromatic carbocycles. The van der Waals surface area contributed by atoms with Crippen molar-refractivity contribution in [1.29, 1.82) is 0 Å². The Morgan fingerprint density at radius 2 is 2.00 bits per heavy atom. The Morgan fingerprint density at radius 3 is 2.93 bits per heavy atom. The van der Waals surface area contributed by atoms with Gasteiger partial charge < -0.3 is 15.2 Å². The van der Waals surface area contributed by atoms with E-state index < -0.39 is 6.04 Å². The summed E-state index contributed by atoms with van der Waals surface area (Å²) in [4.78, 5) is 30.5. The second-order valence-corrected chi connectivity index (χ2v) is 8.01. The molecular weight excluding hydrogens is 358 g/mol. The van der Waals surface area contributed by atoms with Crippen LogP contribution in [0.3, 0.4) is 0 Å². The van der Waals surface area contributed by atoms with E-state index in [0.717, 1.165) is 23.1 Å². The number of benzene rings is 2. The molecule has 2 atom stereocenters. The van der Waals surface area contributed by atoms with Gasteiger partial charge >= 0.3 is 0 Å². The lowest BCUT2D eigenvalue weighted by atomic mass is 10.1. The van der Waals surface area contributed by atoms with E-state index in [2.05, 4.69) is 16.4 Å². The standard InChI is InChI=1S/C21H19N3O2S/c25-19(22-10-9-13-11-23-17-8-4-3-5-14(13)17)18-12-27-21-16-7-2-1-6-15(16)20(26)24(18)21/h1-8,11,18,21,23H,9-10,12H2,(H,22,25)/t18-,21?/m0/s1. The number of aromatic amines is 1. The third-order valence-corrected chi connectivity index (χ3v) is 6.67. The molecule has 0 bridgehead atoms. The Kier molecular flexibility index (Phi) is 3.93. The number of fused-ring (bicyclic) bond motifs is 4. The Labute approximate surface area is 161 Å². The van der Waals surface area contributed by atoms with Crippen LogP contribution in [0.4, 0.5) is 0 Å². The zero-order valence-corrected chi connectivity index (χ0v) is 15.5. The minimum atomic E-state index is -0.400. The van der Waals surface area contributed by atoms with Crippen LogP contribution in [0.15, 0.2) is 54.7 Å². The number of amides is 2. The van der Waals surface area contributed by atoms with Crippen LogP contribution < -0.4 is 5.32 Å². The topological polar surface area (TPSA) is 65.2 Å². The van der Waals surface area contributed by atoms with Gasteiger partial charge in [0.15, 0.2) is 0 Å². The maximum absolute atomic E-state index is 12.8. The molecule has 0 aliphatic carbocycles. The van der Waals surface area contributed by atoms with E-state index in [9.17, 15) is 9.59 Å². The van der Waals surface area contributed by atoms with Gasteiger partial charge in [-0.15, -0.1) is 11.8 Å². The maximum atomic E-state index is 12.8. The second kappa shape index (κ2) is 6.46. The summed E-state index contributed by atoms with van der Waals surface area (Å²) < 4.78 is 0. The van der Waals surface area contributed by atoms with Crippen molar-refractivity contribution in [2.24, 2.45) is 0 Å². The lowest BCUT2D eigenvalue weighted by Gasteiger charge is -2.22. The monoisotopic (exact) mass is 377 g/mol. The molecule has 0 saturated carbocycles. The summed E-state index contributed by atoms with van der Waals surface area (Å²) in [6, 6.07) is 15.4. The van der Waals surface area contributed by atoms with E-state index >= 15 is 0 Å². The van der Waals surface area contributed by atoms with Crippen molar-refractivity contribution in [3.8, 4) is 0 Å². The summed E-state index contributed by atoms with van der Waals surface area (Å²) in [6.07, 6.45) is 2.76. The molecule has 3 heterocycles. The van der Waals surface area contributed by atoms with Crippen molar-refractivity contribution in [2.75, 3.05) is 12.3 Å². The van der Waals surface area contributed by atoms with Gasteiger partial charge in [-0.1, -0.05) is 36.4 Å². The van der Waals surface area contributed by atoms with Crippen LogP contribution in [-0.4, -0.2) is 40.0 Å². The molecule has 2 amide bonds. The van der Waals surface area contributed by atoms with Crippen molar-refractivity contribution in [2.45, 2.75) is 17.8 Å². The average molecular weight is 377 g/mol. The number of H-pyrrole nitrogens is 1. The first kappa shape index (κ1) is 16.4. The van der Waals surface area contributed by atoms with E-state index in [1.807, 2.05) is 48.7 Å². The number of carbonyl (C=O) groups excluding carboxylic acids is 2. The number of rotatable bonds is 4. The quantitative estimate of drug-likeness (QED) is 0.734. The minimum Gasteiger partial charge on any atom is -0.361 e. The summed E-state index contributed by atoms with van der Waals surface area (Å²) in [5.41, 5.74) is 4.05. The molecule has 5 rings (SSSR count). The SMILES string of the molecule is O=C(NCCc1c[nH]c2ccccc12)[C@@H]1CSC2c3ccccc3C(=O)N21. The molecule has 27 heavy (non-hydrogen) atoms. The highest BCUT2D eigenvalue weighted by Crippen LogP contribution is 2.47. The number of aromatic nitrogens is 1. The van der Waals surface area contributed by atoms with Crippen molar-refractivity contribution in [1.82, 2.24) is 15.2 Å². The summed E-state index contributed by atoms with van der Waals surface area (Å²) in [5, 5.41) is 4.19. The third kappa shape index (κ3) is 2.63. The number of hydrogen-bond donors (Lipinski definition) is 2. The molecule has 1 saturated heterocycles. The van der Waals surface area contributed by atoms with Gasteiger partial charge in [-0.2, -0.15) is 0 Å². The lowest BCUT2D eigenvalue weighted by molar-refractivity contribution is -0.124. The van der Waals surface area contributed by atoms with Crippen LogP contribution in [0, 0.1) is 0 Å². The maximum Gasteiger partial charge on any atom is 0.256 e. The molecule has 6 heteroatoms. The third-order valence-electron chi connectivity index (χ3n) is 5.36. The van der Waals surface area contributed by atoms with Crippen LogP contribution in [0.25, 0.3) is 10.9 Å². The van der Waals surface area contributed by atoms with E-state index in [1.54, 1.807) is 16.7 Å². The molecule has 3 aromatic rings. The number of carbonyl (C=O) groups is 2. The predicted molar refractivity (Wildman–Crippen MR) is 107 cm³/mol. The van der Waals surface area contributed by atoms with Crippen LogP contribution in [-0.2, 0) is 11.2 Å². The molecular formula is C21H19N3O2S. The fourth-order valence-corrected chi connectivity index (χ4v) is 5.48. The van der Waals surface area contributed by atoms with E-state index in [1.165, 1.54) is 10.9 Å². The molecule has 2 aliphatic heterocycles. The summed E-state index contributed by atoms with van der Waals surface area (Å²) in [5.74, 6) is 0.548. The van der Waals surface area contributed by atoms with Gasteiger partial charge in [0.05, 0.1) is 0 Å². The largest absolute Gasteiger partial charge is 0.361 e. The molecule has 2 N–H and O–H groups in total. The van der Waals surface area contributed by atoms with Crippen LogP contribution in [0.1, 0.15) is 26.9 Å². The van der Waals surface area contributed by atoms with Crippen molar-refractivity contribution < 1.29 is 9.59 Å². The van der Waals surface area contributed by atoms with Gasteiger partial charge in [0.1, 0.15) is 11.4 Å². The number of thioether (sulfide) groups is 1. The average Bonchev–Trinajstić information content (AvgIpc) is 3.38. The van der Waals surface area contributed by atoms with Gasteiger partial charge in [0.25, 0.3) is 5.91 Å². The fraction of sp³-hybridized carbons (Fsp3) is 0.238. The summed E-state index contributed by atoms with van der Waals surface area (Å²) in [7, 11) is 0. The van der Waals surface area contributed by atoms with E-state index in [0.29, 0.717) is 12.3 Å². The van der Waals surface area contributed by atoms with Crippen molar-refractivity contribution in [3.63, 3.8) is 0 Å². The molecule has 0 radical (unpaired) electrons. The van der Waals surface area contributed by atoms with E-state index in [4.69, 9.17) is 0 Å². The summed E-state index contributed by atoms with van der Waals surface area (Å²) >= 11 is 1.67. The lowest BCUT2D eigenvalue weighted by Crippen LogP contribution is -2.46. The van der Waals surface area contributed by atoms with Gasteiger partial charge in [0, 0.05) is 35.0 Å². The second-order valence-electron chi connectivity index (χ2n) is 6.90. The highest BCUT2D eigenvalue weighted by Gasteiger charge is 2.48. The van der Waals surface area contributed by atoms with Gasteiger partial charge in [-0.3, -0.25) is 9.59 Å². The van der Waals surface area contributed by atoms with Crippen LogP contribution >= 0.6 is 11.8 Å². The smallest absolute Gasteiger partial charge is 0.256 e. The molecule has 0 spiro atoms. The van der Waals surface area contributed by atoms with Crippen LogP contribution in [0.5, 0.6) is 0 Å². The molecule has 1 fully saturated rings. The first-order valence-corrected chi connectivity index (χ1v) is 10.1. The first-order chi connectivity index (χ1) is 13.2. The van der Waals surface area contributed by atoms with Gasteiger partial charge in [0.2, 0.25) is 5.91 Å². The minimum absolute atomic E-state index is 0.0296.